The van der Waals surface area contributed by atoms with Crippen molar-refractivity contribution in [2.75, 3.05) is 31.3 Å². The normalized spacial score (nSPS) is 11.8. The Bertz CT molecular complexity index is 879. The lowest BCUT2D eigenvalue weighted by Gasteiger charge is -2.23. The number of halogens is 3. The van der Waals surface area contributed by atoms with Crippen LogP contribution in [-0.2, 0) is 9.59 Å². The first-order chi connectivity index (χ1) is 13.2. The van der Waals surface area contributed by atoms with Crippen LogP contribution in [0.5, 0.6) is 5.75 Å². The van der Waals surface area contributed by atoms with Crippen LogP contribution in [0.3, 0.4) is 0 Å². The first-order valence-electron chi connectivity index (χ1n) is 8.30. The molecule has 0 saturated carbocycles. The predicted molar refractivity (Wildman–Crippen MR) is 109 cm³/mol. The summed E-state index contributed by atoms with van der Waals surface area (Å²) in [6.07, 6.45) is 0. The molecule has 0 aliphatic rings. The molecule has 150 valence electrons. The van der Waals surface area contributed by atoms with E-state index in [1.165, 1.54) is 19.2 Å². The van der Waals surface area contributed by atoms with Crippen LogP contribution in [0, 0.1) is 5.82 Å². The Balaban J connectivity index is 1.97. The summed E-state index contributed by atoms with van der Waals surface area (Å²) in [5, 5.41) is 5.87. The highest BCUT2D eigenvalue weighted by Crippen LogP contribution is 2.27. The molecule has 2 aromatic rings. The van der Waals surface area contributed by atoms with Crippen molar-refractivity contribution in [3.05, 3.63) is 52.3 Å². The fourth-order valence-corrected chi connectivity index (χ4v) is 2.75. The number of carbonyl (C=O) groups is 2. The van der Waals surface area contributed by atoms with Gasteiger partial charge in [-0.2, -0.15) is 0 Å². The molecule has 0 aromatic heterocycles. The summed E-state index contributed by atoms with van der Waals surface area (Å²) in [4.78, 5) is 26.3. The smallest absolute Gasteiger partial charge is 0.241 e. The topological polar surface area (TPSA) is 70.7 Å². The number of methoxy groups -OCH3 is 1. The molecule has 0 aliphatic heterocycles. The van der Waals surface area contributed by atoms with Gasteiger partial charge in [0, 0.05) is 5.02 Å². The Morgan fingerprint density at radius 3 is 2.50 bits per heavy atom. The van der Waals surface area contributed by atoms with E-state index in [4.69, 9.17) is 27.9 Å². The van der Waals surface area contributed by atoms with Gasteiger partial charge in [-0.15, -0.1) is 0 Å². The summed E-state index contributed by atoms with van der Waals surface area (Å²) in [6, 6.07) is 7.90. The fraction of sp³-hybridized carbons (Fsp3) is 0.263. The van der Waals surface area contributed by atoms with Crippen molar-refractivity contribution >= 4 is 46.4 Å². The van der Waals surface area contributed by atoms with Gasteiger partial charge in [0.2, 0.25) is 11.8 Å². The average molecular weight is 428 g/mol. The van der Waals surface area contributed by atoms with Gasteiger partial charge >= 0.3 is 0 Å². The first-order valence-corrected chi connectivity index (χ1v) is 9.06. The van der Waals surface area contributed by atoms with Crippen molar-refractivity contribution in [1.82, 2.24) is 4.90 Å². The lowest BCUT2D eigenvalue weighted by molar-refractivity contribution is -0.122. The van der Waals surface area contributed by atoms with Crippen LogP contribution >= 0.6 is 23.2 Å². The van der Waals surface area contributed by atoms with Gasteiger partial charge in [0.1, 0.15) is 11.6 Å². The molecule has 0 spiro atoms. The maximum atomic E-state index is 13.1. The number of hydrogen-bond acceptors (Lipinski definition) is 4. The van der Waals surface area contributed by atoms with E-state index < -0.39 is 11.9 Å². The standard InChI is InChI=1S/C19H20Cl2FN3O3/c1-11(19(27)24-15-6-5-13(22)9-14(15)21)25(2)10-18(26)23-16-8-12(20)4-7-17(16)28-3/h4-9,11H,10H2,1-3H3,(H,23,26)(H,24,27). The van der Waals surface area contributed by atoms with Crippen LogP contribution in [0.1, 0.15) is 6.92 Å². The maximum absolute atomic E-state index is 13.1. The summed E-state index contributed by atoms with van der Waals surface area (Å²) < 4.78 is 18.3. The highest BCUT2D eigenvalue weighted by atomic mass is 35.5. The van der Waals surface area contributed by atoms with Gasteiger partial charge in [-0.1, -0.05) is 23.2 Å². The van der Waals surface area contributed by atoms with Crippen molar-refractivity contribution in [2.24, 2.45) is 0 Å². The second kappa shape index (κ2) is 9.73. The van der Waals surface area contributed by atoms with Gasteiger partial charge in [0.25, 0.3) is 0 Å². The zero-order chi connectivity index (χ0) is 20.8. The lowest BCUT2D eigenvalue weighted by Crippen LogP contribution is -2.43. The molecule has 0 bridgehead atoms. The molecule has 0 aliphatic carbocycles. The third kappa shape index (κ3) is 5.82. The molecule has 1 atom stereocenters. The van der Waals surface area contributed by atoms with Gasteiger partial charge in [0.05, 0.1) is 36.1 Å². The molecule has 0 fully saturated rings. The minimum absolute atomic E-state index is 0.0542. The molecule has 2 aromatic carbocycles. The Hall–Kier alpha value is -2.35. The number of nitrogens with one attached hydrogen (secondary N) is 2. The van der Waals surface area contributed by atoms with Crippen LogP contribution in [-0.4, -0.2) is 43.5 Å². The van der Waals surface area contributed by atoms with E-state index in [9.17, 15) is 14.0 Å². The molecule has 0 radical (unpaired) electrons. The van der Waals surface area contributed by atoms with Crippen molar-refractivity contribution in [3.8, 4) is 5.75 Å². The summed E-state index contributed by atoms with van der Waals surface area (Å²) in [6.45, 7) is 1.58. The number of amides is 2. The monoisotopic (exact) mass is 427 g/mol. The lowest BCUT2D eigenvalue weighted by atomic mass is 10.2. The third-order valence-electron chi connectivity index (χ3n) is 4.06. The van der Waals surface area contributed by atoms with E-state index in [2.05, 4.69) is 10.6 Å². The molecule has 2 amide bonds. The van der Waals surface area contributed by atoms with Crippen LogP contribution in [0.15, 0.2) is 36.4 Å². The van der Waals surface area contributed by atoms with Gasteiger partial charge in [0.15, 0.2) is 0 Å². The molecule has 28 heavy (non-hydrogen) atoms. The molecular formula is C19H20Cl2FN3O3. The van der Waals surface area contributed by atoms with Crippen molar-refractivity contribution in [2.45, 2.75) is 13.0 Å². The van der Waals surface area contributed by atoms with Crippen LogP contribution in [0.2, 0.25) is 10.0 Å². The number of anilines is 2. The Morgan fingerprint density at radius 1 is 1.14 bits per heavy atom. The molecule has 6 nitrogen and oxygen atoms in total. The Labute approximate surface area is 172 Å². The van der Waals surface area contributed by atoms with E-state index in [1.54, 1.807) is 37.1 Å². The minimum Gasteiger partial charge on any atom is -0.495 e. The molecule has 0 saturated heterocycles. The number of hydrogen-bond donors (Lipinski definition) is 2. The highest BCUT2D eigenvalue weighted by Gasteiger charge is 2.21. The second-order valence-electron chi connectivity index (χ2n) is 6.10. The SMILES string of the molecule is COc1ccc(Cl)cc1NC(=O)CN(C)C(C)C(=O)Nc1ccc(F)cc1Cl. The van der Waals surface area contributed by atoms with Crippen LogP contribution in [0.4, 0.5) is 15.8 Å². The Kier molecular flexibility index (Phi) is 7.62. The summed E-state index contributed by atoms with van der Waals surface area (Å²) in [7, 11) is 3.11. The number of rotatable bonds is 7. The zero-order valence-corrected chi connectivity index (χ0v) is 17.1. The number of ether oxygens (including phenoxy) is 1. The quantitative estimate of drug-likeness (QED) is 0.699. The van der Waals surface area contributed by atoms with Gasteiger partial charge in [-0.25, -0.2) is 4.39 Å². The zero-order valence-electron chi connectivity index (χ0n) is 15.6. The average Bonchev–Trinajstić information content (AvgIpc) is 2.63. The van der Waals surface area contributed by atoms with Gasteiger partial charge in [-0.05, 0) is 50.4 Å². The third-order valence-corrected chi connectivity index (χ3v) is 4.61. The Morgan fingerprint density at radius 2 is 1.86 bits per heavy atom. The molecular weight excluding hydrogens is 408 g/mol. The molecule has 2 N–H and O–H groups in total. The van der Waals surface area contributed by atoms with Crippen LogP contribution in [0.25, 0.3) is 0 Å². The van der Waals surface area contributed by atoms with Crippen molar-refractivity contribution in [3.63, 3.8) is 0 Å². The van der Waals surface area contributed by atoms with E-state index >= 15 is 0 Å². The predicted octanol–water partition coefficient (Wildman–Crippen LogP) is 4.04. The number of carbonyl (C=O) groups excluding carboxylic acids is 2. The van der Waals surface area contributed by atoms with E-state index in [-0.39, 0.29) is 23.4 Å². The summed E-state index contributed by atoms with van der Waals surface area (Å²) in [5.41, 5.74) is 0.727. The summed E-state index contributed by atoms with van der Waals surface area (Å²) >= 11 is 11.9. The van der Waals surface area contributed by atoms with Crippen LogP contribution < -0.4 is 15.4 Å². The van der Waals surface area contributed by atoms with Gasteiger partial charge < -0.3 is 15.4 Å². The minimum atomic E-state index is -0.645. The number of nitrogens with zero attached hydrogens (tertiary/aromatic N) is 1. The van der Waals surface area contributed by atoms with E-state index in [0.29, 0.717) is 22.1 Å². The van der Waals surface area contributed by atoms with E-state index in [0.717, 1.165) is 6.07 Å². The highest BCUT2D eigenvalue weighted by molar-refractivity contribution is 6.33. The first kappa shape index (κ1) is 21.9. The molecule has 0 heterocycles. The largest absolute Gasteiger partial charge is 0.495 e. The second-order valence-corrected chi connectivity index (χ2v) is 6.94. The molecule has 9 heteroatoms. The van der Waals surface area contributed by atoms with Crippen molar-refractivity contribution in [1.29, 1.82) is 0 Å². The molecule has 1 unspecified atom stereocenters. The summed E-state index contributed by atoms with van der Waals surface area (Å²) in [5.74, 6) is -0.759. The van der Waals surface area contributed by atoms with Gasteiger partial charge in [-0.3, -0.25) is 14.5 Å². The number of likely N-dealkylation sites (N-methyl/N-ethyl adjacent to an activating group) is 1. The fourth-order valence-electron chi connectivity index (χ4n) is 2.36. The van der Waals surface area contributed by atoms with E-state index in [1.807, 2.05) is 0 Å². The maximum Gasteiger partial charge on any atom is 0.241 e. The number of benzene rings is 2. The molecule has 2 rings (SSSR count). The van der Waals surface area contributed by atoms with Crippen molar-refractivity contribution < 1.29 is 18.7 Å².